The normalized spacial score (nSPS) is 27.5. The van der Waals surface area contributed by atoms with Crippen molar-refractivity contribution in [1.29, 1.82) is 0 Å². The maximum Gasteiger partial charge on any atom is 0.329 e. The van der Waals surface area contributed by atoms with Crippen molar-refractivity contribution in [2.75, 3.05) is 19.0 Å². The van der Waals surface area contributed by atoms with Gasteiger partial charge in [0.15, 0.2) is 0 Å². The van der Waals surface area contributed by atoms with Crippen LogP contribution in [0, 0.1) is 5.92 Å². The molecule has 0 radical (unpaired) electrons. The lowest BCUT2D eigenvalue weighted by Crippen LogP contribution is -2.27. The molecule has 0 aromatic carbocycles. The van der Waals surface area contributed by atoms with Crippen LogP contribution < -0.4 is 0 Å². The van der Waals surface area contributed by atoms with E-state index in [9.17, 15) is 20.1 Å². The lowest BCUT2D eigenvalue weighted by molar-refractivity contribution is -0.142. The molecule has 5 unspecified atom stereocenters. The monoisotopic (exact) mass is 378 g/mol. The maximum absolute atomic E-state index is 10.4. The molecule has 5 atom stereocenters. The van der Waals surface area contributed by atoms with E-state index in [-0.39, 0.29) is 23.9 Å². The van der Waals surface area contributed by atoms with E-state index in [0.29, 0.717) is 18.8 Å². The van der Waals surface area contributed by atoms with Crippen LogP contribution in [0.25, 0.3) is 0 Å². The van der Waals surface area contributed by atoms with Crippen LogP contribution in [0.2, 0.25) is 0 Å². The Bertz CT molecular complexity index is 367. The Kier molecular flexibility index (Phi) is 11.7. The number of aliphatic hydroxyl groups excluding tert-OH is 3. The van der Waals surface area contributed by atoms with Crippen molar-refractivity contribution in [3.8, 4) is 0 Å². The third-order valence-corrected chi connectivity index (χ3v) is 6.33. The number of hydrogen-bond acceptors (Lipinski definition) is 6. The highest BCUT2D eigenvalue weighted by atomic mass is 32.2. The van der Waals surface area contributed by atoms with E-state index in [1.807, 2.05) is 0 Å². The van der Waals surface area contributed by atoms with Crippen molar-refractivity contribution in [3.05, 3.63) is 0 Å². The van der Waals surface area contributed by atoms with Crippen LogP contribution in [-0.2, 0) is 9.53 Å². The van der Waals surface area contributed by atoms with Gasteiger partial charge in [0.25, 0.3) is 0 Å². The highest BCUT2D eigenvalue weighted by molar-refractivity contribution is 8.00. The summed E-state index contributed by atoms with van der Waals surface area (Å²) in [6.45, 7) is 2.25. The Labute approximate surface area is 155 Å². The van der Waals surface area contributed by atoms with Gasteiger partial charge in [-0.1, -0.05) is 32.6 Å². The van der Waals surface area contributed by atoms with Gasteiger partial charge < -0.3 is 25.2 Å². The molecule has 0 saturated heterocycles. The summed E-state index contributed by atoms with van der Waals surface area (Å²) in [5.41, 5.74) is 0. The molecule has 6 nitrogen and oxygen atoms in total. The molecular weight excluding hydrogens is 344 g/mol. The second kappa shape index (κ2) is 12.9. The van der Waals surface area contributed by atoms with Crippen molar-refractivity contribution in [1.82, 2.24) is 0 Å². The first-order chi connectivity index (χ1) is 12.0. The topological polar surface area (TPSA) is 107 Å². The summed E-state index contributed by atoms with van der Waals surface area (Å²) < 4.78 is 5.01. The van der Waals surface area contributed by atoms with Crippen molar-refractivity contribution < 1.29 is 30.0 Å². The summed E-state index contributed by atoms with van der Waals surface area (Å²) >= 11 is 1.57. The molecule has 1 aliphatic rings. The zero-order chi connectivity index (χ0) is 18.7. The van der Waals surface area contributed by atoms with Gasteiger partial charge in [-0.15, -0.1) is 0 Å². The fourth-order valence-electron chi connectivity index (χ4n) is 3.33. The van der Waals surface area contributed by atoms with Crippen LogP contribution in [0.5, 0.6) is 0 Å². The first-order valence-electron chi connectivity index (χ1n) is 9.41. The van der Waals surface area contributed by atoms with Crippen LogP contribution in [0.15, 0.2) is 0 Å². The fourth-order valence-corrected chi connectivity index (χ4v) is 4.84. The minimum absolute atomic E-state index is 0.0160. The summed E-state index contributed by atoms with van der Waals surface area (Å²) in [5.74, 6) is -0.360. The number of ether oxygens (including phenoxy) is 1. The molecular formula is C18H34O6S. The highest BCUT2D eigenvalue weighted by Crippen LogP contribution is 2.39. The first kappa shape index (κ1) is 22.7. The van der Waals surface area contributed by atoms with E-state index in [0.717, 1.165) is 44.9 Å². The van der Waals surface area contributed by atoms with Crippen LogP contribution in [0.3, 0.4) is 0 Å². The Balaban J connectivity index is 2.28. The molecule has 4 N–H and O–H groups in total. The molecule has 1 fully saturated rings. The smallest absolute Gasteiger partial charge is 0.329 e. The number of rotatable bonds is 14. The number of aliphatic hydroxyl groups is 3. The van der Waals surface area contributed by atoms with Crippen molar-refractivity contribution >= 4 is 17.7 Å². The maximum atomic E-state index is 10.4. The van der Waals surface area contributed by atoms with E-state index >= 15 is 0 Å². The van der Waals surface area contributed by atoms with Crippen molar-refractivity contribution in [2.24, 2.45) is 5.92 Å². The van der Waals surface area contributed by atoms with Gasteiger partial charge >= 0.3 is 5.97 Å². The summed E-state index contributed by atoms with van der Waals surface area (Å²) in [4.78, 5) is 10.4. The first-order valence-corrected chi connectivity index (χ1v) is 10.5. The summed E-state index contributed by atoms with van der Waals surface area (Å²) in [7, 11) is 0. The van der Waals surface area contributed by atoms with E-state index in [1.165, 1.54) is 0 Å². The average Bonchev–Trinajstić information content (AvgIpc) is 2.82. The minimum Gasteiger partial charge on any atom is -0.480 e. The van der Waals surface area contributed by atoms with Gasteiger partial charge in [-0.25, -0.2) is 4.79 Å². The Hall–Kier alpha value is -0.340. The molecule has 0 spiro atoms. The van der Waals surface area contributed by atoms with Gasteiger partial charge in [0, 0.05) is 24.0 Å². The predicted molar refractivity (Wildman–Crippen MR) is 98.8 cm³/mol. The fraction of sp³-hybridized carbons (Fsp3) is 0.944. The lowest BCUT2D eigenvalue weighted by atomic mass is 9.98. The Morgan fingerprint density at radius 1 is 1.20 bits per heavy atom. The van der Waals surface area contributed by atoms with E-state index in [1.54, 1.807) is 11.8 Å². The summed E-state index contributed by atoms with van der Waals surface area (Å²) in [6.07, 6.45) is 5.40. The zero-order valence-corrected chi connectivity index (χ0v) is 16.0. The number of thioether (sulfide) groups is 1. The van der Waals surface area contributed by atoms with Gasteiger partial charge in [-0.2, -0.15) is 11.8 Å². The van der Waals surface area contributed by atoms with Gasteiger partial charge in [0.05, 0.1) is 18.3 Å². The molecule has 1 saturated carbocycles. The molecule has 1 aliphatic carbocycles. The minimum atomic E-state index is -0.969. The SMILES string of the molecule is CCCCCC(O)CSC1C(O)CC(O)C1CCCCOCC(=O)O. The third-order valence-electron chi connectivity index (χ3n) is 4.70. The molecule has 0 amide bonds. The van der Waals surface area contributed by atoms with Crippen molar-refractivity contribution in [3.63, 3.8) is 0 Å². The van der Waals surface area contributed by atoms with Gasteiger partial charge in [0.1, 0.15) is 6.61 Å². The quantitative estimate of drug-likeness (QED) is 0.343. The number of unbranched alkanes of at least 4 members (excludes halogenated alkanes) is 3. The summed E-state index contributed by atoms with van der Waals surface area (Å²) in [6, 6.07) is 0. The molecule has 7 heteroatoms. The number of carbonyl (C=O) groups is 1. The van der Waals surface area contributed by atoms with Gasteiger partial charge in [0.2, 0.25) is 0 Å². The molecule has 1 rings (SSSR count). The zero-order valence-electron chi connectivity index (χ0n) is 15.2. The number of carboxylic acids is 1. The van der Waals surface area contributed by atoms with E-state index in [4.69, 9.17) is 9.84 Å². The Morgan fingerprint density at radius 2 is 1.96 bits per heavy atom. The van der Waals surface area contributed by atoms with Crippen LogP contribution in [-0.4, -0.2) is 68.9 Å². The Morgan fingerprint density at radius 3 is 2.64 bits per heavy atom. The van der Waals surface area contributed by atoms with Crippen LogP contribution in [0.1, 0.15) is 58.3 Å². The highest BCUT2D eigenvalue weighted by Gasteiger charge is 2.41. The molecule has 148 valence electrons. The van der Waals surface area contributed by atoms with Crippen LogP contribution in [0.4, 0.5) is 0 Å². The molecule has 0 heterocycles. The number of carboxylic acid groups (broad SMARTS) is 1. The second-order valence-corrected chi connectivity index (χ2v) is 8.13. The van der Waals surface area contributed by atoms with E-state index < -0.39 is 18.2 Å². The van der Waals surface area contributed by atoms with Gasteiger partial charge in [-0.3, -0.25) is 0 Å². The number of hydrogen-bond donors (Lipinski definition) is 4. The molecule has 0 bridgehead atoms. The standard InChI is InChI=1S/C18H34O6S/c1-2-3-4-7-13(19)12-25-18-14(15(20)10-16(18)21)8-5-6-9-24-11-17(22)23/h13-16,18-21H,2-12H2,1H3,(H,22,23). The second-order valence-electron chi connectivity index (χ2n) is 6.92. The van der Waals surface area contributed by atoms with Gasteiger partial charge in [-0.05, 0) is 25.2 Å². The third kappa shape index (κ3) is 9.24. The van der Waals surface area contributed by atoms with E-state index in [2.05, 4.69) is 6.92 Å². The number of aliphatic carboxylic acids is 1. The predicted octanol–water partition coefficient (Wildman–Crippen LogP) is 2.04. The molecule has 0 aliphatic heterocycles. The molecule has 25 heavy (non-hydrogen) atoms. The molecule has 0 aromatic rings. The summed E-state index contributed by atoms with van der Waals surface area (Å²) in [5, 5.41) is 38.9. The average molecular weight is 379 g/mol. The van der Waals surface area contributed by atoms with Crippen molar-refractivity contribution in [2.45, 2.75) is 81.9 Å². The molecule has 0 aromatic heterocycles. The largest absolute Gasteiger partial charge is 0.480 e. The van der Waals surface area contributed by atoms with Crippen LogP contribution >= 0.6 is 11.8 Å². The lowest BCUT2D eigenvalue weighted by Gasteiger charge is -2.24.